The molecule has 0 aromatic heterocycles. The second-order valence-corrected chi connectivity index (χ2v) is 3.94. The van der Waals surface area contributed by atoms with Crippen LogP contribution >= 0.6 is 0 Å². The van der Waals surface area contributed by atoms with E-state index in [9.17, 15) is 0 Å². The van der Waals surface area contributed by atoms with E-state index in [1.54, 1.807) is 5.57 Å². The van der Waals surface area contributed by atoms with Crippen LogP contribution in [0.25, 0.3) is 0 Å². The summed E-state index contributed by atoms with van der Waals surface area (Å²) in [5, 5.41) is 3.44. The molecule has 1 unspecified atom stereocenters. The van der Waals surface area contributed by atoms with Gasteiger partial charge >= 0.3 is 0 Å². The molecule has 0 bridgehead atoms. The molecule has 1 heterocycles. The summed E-state index contributed by atoms with van der Waals surface area (Å²) in [5.41, 5.74) is 1.58. The molecule has 1 aliphatic heterocycles. The highest BCUT2D eigenvalue weighted by atomic mass is 16.5. The molecule has 1 saturated heterocycles. The van der Waals surface area contributed by atoms with Gasteiger partial charge in [-0.1, -0.05) is 0 Å². The minimum atomic E-state index is 0.672. The molecule has 1 atom stereocenters. The van der Waals surface area contributed by atoms with Crippen molar-refractivity contribution in [3.8, 4) is 0 Å². The highest BCUT2D eigenvalue weighted by Crippen LogP contribution is 2.37. The Morgan fingerprint density at radius 1 is 1.54 bits per heavy atom. The summed E-state index contributed by atoms with van der Waals surface area (Å²) >= 11 is 0. The standard InChI is InChI=1S/C11H19NO/c1-2-13-11(9-5-6-9)10-4-3-7-12-8-10/h10,12H,2-8H2,1H3. The molecular formula is C11H19NO. The van der Waals surface area contributed by atoms with Gasteiger partial charge in [0.15, 0.2) is 0 Å². The van der Waals surface area contributed by atoms with E-state index in [1.165, 1.54) is 38.0 Å². The topological polar surface area (TPSA) is 21.3 Å². The number of ether oxygens (including phenoxy) is 1. The van der Waals surface area contributed by atoms with Crippen LogP contribution in [-0.2, 0) is 4.74 Å². The fourth-order valence-corrected chi connectivity index (χ4v) is 2.05. The first-order valence-electron chi connectivity index (χ1n) is 5.47. The number of rotatable bonds is 3. The van der Waals surface area contributed by atoms with Crippen molar-refractivity contribution in [1.82, 2.24) is 5.32 Å². The molecule has 2 heteroatoms. The van der Waals surface area contributed by atoms with Gasteiger partial charge in [-0.05, 0) is 44.7 Å². The predicted octanol–water partition coefficient (Wildman–Crippen LogP) is 2.07. The third-order valence-electron chi connectivity index (χ3n) is 2.82. The third kappa shape index (κ3) is 2.25. The first-order valence-corrected chi connectivity index (χ1v) is 5.47. The lowest BCUT2D eigenvalue weighted by atomic mass is 9.97. The lowest BCUT2D eigenvalue weighted by Gasteiger charge is -2.25. The Morgan fingerprint density at radius 3 is 2.92 bits per heavy atom. The summed E-state index contributed by atoms with van der Waals surface area (Å²) in [5.74, 6) is 2.00. The molecule has 2 nitrogen and oxygen atoms in total. The van der Waals surface area contributed by atoms with Crippen LogP contribution in [0.1, 0.15) is 32.6 Å². The lowest BCUT2D eigenvalue weighted by molar-refractivity contribution is 0.175. The monoisotopic (exact) mass is 181 g/mol. The van der Waals surface area contributed by atoms with Gasteiger partial charge in [-0.15, -0.1) is 0 Å². The average Bonchev–Trinajstić information content (AvgIpc) is 2.99. The Bertz CT molecular complexity index is 198. The zero-order chi connectivity index (χ0) is 9.10. The van der Waals surface area contributed by atoms with Crippen LogP contribution in [-0.4, -0.2) is 19.7 Å². The van der Waals surface area contributed by atoms with E-state index in [2.05, 4.69) is 12.2 Å². The maximum Gasteiger partial charge on any atom is 0.0995 e. The summed E-state index contributed by atoms with van der Waals surface area (Å²) in [4.78, 5) is 0. The minimum absolute atomic E-state index is 0.672. The Morgan fingerprint density at radius 2 is 2.38 bits per heavy atom. The van der Waals surface area contributed by atoms with E-state index >= 15 is 0 Å². The Hall–Kier alpha value is -0.500. The molecule has 0 radical (unpaired) electrons. The summed E-state index contributed by atoms with van der Waals surface area (Å²) in [6.45, 7) is 5.22. The second-order valence-electron chi connectivity index (χ2n) is 3.94. The first-order chi connectivity index (χ1) is 6.42. The van der Waals surface area contributed by atoms with Gasteiger partial charge in [0.2, 0.25) is 0 Å². The van der Waals surface area contributed by atoms with Gasteiger partial charge in [-0.3, -0.25) is 0 Å². The van der Waals surface area contributed by atoms with Crippen LogP contribution in [0.2, 0.25) is 0 Å². The van der Waals surface area contributed by atoms with Crippen LogP contribution in [0.4, 0.5) is 0 Å². The summed E-state index contributed by atoms with van der Waals surface area (Å²) in [6.07, 6.45) is 5.18. The Labute approximate surface area is 80.4 Å². The van der Waals surface area contributed by atoms with Crippen LogP contribution in [0.5, 0.6) is 0 Å². The van der Waals surface area contributed by atoms with Crippen LogP contribution in [0.15, 0.2) is 11.3 Å². The Kier molecular flexibility index (Phi) is 2.89. The number of allylic oxidation sites excluding steroid dienone is 1. The molecule has 0 spiro atoms. The molecule has 2 aliphatic rings. The molecule has 74 valence electrons. The molecule has 2 rings (SSSR count). The fourth-order valence-electron chi connectivity index (χ4n) is 2.05. The molecule has 13 heavy (non-hydrogen) atoms. The van der Waals surface area contributed by atoms with E-state index in [-0.39, 0.29) is 0 Å². The maximum atomic E-state index is 5.74. The quantitative estimate of drug-likeness (QED) is 0.673. The van der Waals surface area contributed by atoms with E-state index in [0.29, 0.717) is 5.92 Å². The predicted molar refractivity (Wildman–Crippen MR) is 53.5 cm³/mol. The van der Waals surface area contributed by atoms with Crippen molar-refractivity contribution in [3.05, 3.63) is 11.3 Å². The van der Waals surface area contributed by atoms with Crippen LogP contribution < -0.4 is 5.32 Å². The van der Waals surface area contributed by atoms with Crippen LogP contribution in [0.3, 0.4) is 0 Å². The molecule has 1 aliphatic carbocycles. The van der Waals surface area contributed by atoms with Crippen molar-refractivity contribution in [3.63, 3.8) is 0 Å². The van der Waals surface area contributed by atoms with Gasteiger partial charge < -0.3 is 10.1 Å². The molecular weight excluding hydrogens is 162 g/mol. The van der Waals surface area contributed by atoms with Crippen molar-refractivity contribution in [2.75, 3.05) is 19.7 Å². The molecule has 1 saturated carbocycles. The molecule has 0 amide bonds. The van der Waals surface area contributed by atoms with Gasteiger partial charge in [0.05, 0.1) is 12.4 Å². The summed E-state index contributed by atoms with van der Waals surface area (Å²) < 4.78 is 5.74. The number of piperidine rings is 1. The molecule has 1 N–H and O–H groups in total. The zero-order valence-corrected chi connectivity index (χ0v) is 8.44. The van der Waals surface area contributed by atoms with Crippen molar-refractivity contribution in [2.45, 2.75) is 32.6 Å². The Balaban J connectivity index is 1.98. The van der Waals surface area contributed by atoms with E-state index in [4.69, 9.17) is 4.74 Å². The number of hydrogen-bond donors (Lipinski definition) is 1. The molecule has 0 aromatic rings. The average molecular weight is 181 g/mol. The molecule has 2 fully saturated rings. The maximum absolute atomic E-state index is 5.74. The second kappa shape index (κ2) is 4.14. The minimum Gasteiger partial charge on any atom is -0.498 e. The fraction of sp³-hybridized carbons (Fsp3) is 0.818. The first kappa shape index (κ1) is 9.07. The smallest absolute Gasteiger partial charge is 0.0995 e. The van der Waals surface area contributed by atoms with Gasteiger partial charge in [0, 0.05) is 12.5 Å². The van der Waals surface area contributed by atoms with E-state index < -0.39 is 0 Å². The van der Waals surface area contributed by atoms with Crippen molar-refractivity contribution < 1.29 is 4.74 Å². The number of hydrogen-bond acceptors (Lipinski definition) is 2. The molecule has 0 aromatic carbocycles. The SMILES string of the molecule is CCOC(=C1CC1)C1CCCNC1. The van der Waals surface area contributed by atoms with E-state index in [0.717, 1.165) is 13.2 Å². The third-order valence-corrected chi connectivity index (χ3v) is 2.82. The van der Waals surface area contributed by atoms with Gasteiger partial charge in [0.25, 0.3) is 0 Å². The largest absolute Gasteiger partial charge is 0.498 e. The van der Waals surface area contributed by atoms with Crippen molar-refractivity contribution >= 4 is 0 Å². The number of nitrogens with one attached hydrogen (secondary N) is 1. The van der Waals surface area contributed by atoms with Gasteiger partial charge in [-0.2, -0.15) is 0 Å². The highest BCUT2D eigenvalue weighted by molar-refractivity contribution is 5.23. The lowest BCUT2D eigenvalue weighted by Crippen LogP contribution is -2.31. The van der Waals surface area contributed by atoms with E-state index in [1.807, 2.05) is 0 Å². The van der Waals surface area contributed by atoms with Crippen molar-refractivity contribution in [2.24, 2.45) is 5.92 Å². The van der Waals surface area contributed by atoms with Crippen LogP contribution in [0, 0.1) is 5.92 Å². The van der Waals surface area contributed by atoms with Gasteiger partial charge in [-0.25, -0.2) is 0 Å². The van der Waals surface area contributed by atoms with Crippen molar-refractivity contribution in [1.29, 1.82) is 0 Å². The zero-order valence-electron chi connectivity index (χ0n) is 8.44. The highest BCUT2D eigenvalue weighted by Gasteiger charge is 2.26. The summed E-state index contributed by atoms with van der Waals surface area (Å²) in [6, 6.07) is 0. The van der Waals surface area contributed by atoms with Gasteiger partial charge in [0.1, 0.15) is 0 Å². The summed E-state index contributed by atoms with van der Waals surface area (Å²) in [7, 11) is 0. The normalized spacial score (nSPS) is 27.2.